The number of carbonyl (C=O) groups excluding carboxylic acids is 2. The summed E-state index contributed by atoms with van der Waals surface area (Å²) in [7, 11) is 1.57. The second-order valence-electron chi connectivity index (χ2n) is 7.98. The highest BCUT2D eigenvalue weighted by molar-refractivity contribution is 5.81. The minimum atomic E-state index is -0.648. The van der Waals surface area contributed by atoms with E-state index in [0.29, 0.717) is 6.61 Å². The van der Waals surface area contributed by atoms with Gasteiger partial charge in [-0.05, 0) is 19.3 Å². The Hall–Kier alpha value is -1.70. The average Bonchev–Trinajstić information content (AvgIpc) is 2.68. The predicted molar refractivity (Wildman–Crippen MR) is 119 cm³/mol. The van der Waals surface area contributed by atoms with E-state index in [0.717, 1.165) is 12.8 Å². The number of nitrogens with zero attached hydrogens (tertiary/aromatic N) is 1. The van der Waals surface area contributed by atoms with E-state index in [1.54, 1.807) is 14.0 Å². The van der Waals surface area contributed by atoms with E-state index in [1.807, 2.05) is 13.8 Å². The Morgan fingerprint density at radius 1 is 0.862 bits per heavy atom. The van der Waals surface area contributed by atoms with Crippen molar-refractivity contribution >= 4 is 12.1 Å². The van der Waals surface area contributed by atoms with Gasteiger partial charge in [0, 0.05) is 7.05 Å². The molecule has 168 valence electrons. The minimum Gasteiger partial charge on any atom is -0.464 e. The van der Waals surface area contributed by atoms with Gasteiger partial charge in [-0.25, -0.2) is 9.59 Å². The Kier molecular flexibility index (Phi) is 17.3. The zero-order valence-electron chi connectivity index (χ0n) is 19.4. The van der Waals surface area contributed by atoms with Crippen LogP contribution in [0.25, 0.3) is 0 Å². The maximum Gasteiger partial charge on any atom is 0.411 e. The summed E-state index contributed by atoms with van der Waals surface area (Å²) >= 11 is 0. The van der Waals surface area contributed by atoms with Crippen molar-refractivity contribution in [3.05, 3.63) is 0 Å². The summed E-state index contributed by atoms with van der Waals surface area (Å²) in [6.07, 6.45) is 13.2. The number of unbranched alkanes of at least 4 members (excludes halogenated alkanes) is 10. The lowest BCUT2D eigenvalue weighted by molar-refractivity contribution is -0.150. The van der Waals surface area contributed by atoms with Crippen LogP contribution in [-0.2, 0) is 14.3 Å². The smallest absolute Gasteiger partial charge is 0.411 e. The molecule has 1 unspecified atom stereocenters. The zero-order chi connectivity index (χ0) is 21.9. The Bertz CT molecular complexity index is 493. The van der Waals surface area contributed by atoms with Crippen LogP contribution < -0.4 is 0 Å². The van der Waals surface area contributed by atoms with E-state index in [1.165, 1.54) is 62.7 Å². The molecule has 5 heteroatoms. The topological polar surface area (TPSA) is 55.8 Å². The van der Waals surface area contributed by atoms with Gasteiger partial charge in [-0.15, -0.1) is 5.92 Å². The Morgan fingerprint density at radius 2 is 1.38 bits per heavy atom. The number of esters is 1. The van der Waals surface area contributed by atoms with Crippen LogP contribution in [0.1, 0.15) is 98.3 Å². The predicted octanol–water partition coefficient (Wildman–Crippen LogP) is 5.96. The van der Waals surface area contributed by atoms with Gasteiger partial charge in [0.25, 0.3) is 0 Å². The van der Waals surface area contributed by atoms with Crippen LogP contribution in [0.15, 0.2) is 0 Å². The second kappa shape index (κ2) is 18.3. The molecule has 5 nitrogen and oxygen atoms in total. The molecule has 0 aliphatic heterocycles. The molecule has 1 atom stereocenters. The van der Waals surface area contributed by atoms with E-state index < -0.39 is 12.1 Å². The number of hydrogen-bond donors (Lipinski definition) is 0. The summed E-state index contributed by atoms with van der Waals surface area (Å²) in [5, 5.41) is 0. The Morgan fingerprint density at radius 3 is 1.86 bits per heavy atom. The lowest BCUT2D eigenvalue weighted by Crippen LogP contribution is -2.46. The number of hydrogen-bond acceptors (Lipinski definition) is 4. The van der Waals surface area contributed by atoms with Gasteiger partial charge in [-0.3, -0.25) is 4.90 Å². The maximum absolute atomic E-state index is 12.4. The first-order valence-corrected chi connectivity index (χ1v) is 11.4. The van der Waals surface area contributed by atoms with Crippen molar-refractivity contribution in [1.29, 1.82) is 0 Å². The van der Waals surface area contributed by atoms with Gasteiger partial charge in [0.2, 0.25) is 0 Å². The molecule has 0 aliphatic rings. The van der Waals surface area contributed by atoms with Gasteiger partial charge in [0.05, 0.1) is 6.61 Å². The van der Waals surface area contributed by atoms with Crippen LogP contribution in [0, 0.1) is 17.8 Å². The van der Waals surface area contributed by atoms with Crippen molar-refractivity contribution in [2.24, 2.45) is 5.92 Å². The van der Waals surface area contributed by atoms with Crippen molar-refractivity contribution in [3.63, 3.8) is 0 Å². The van der Waals surface area contributed by atoms with Crippen molar-refractivity contribution in [1.82, 2.24) is 4.90 Å². The molecule has 0 fully saturated rings. The molecule has 0 saturated heterocycles. The van der Waals surface area contributed by atoms with Crippen LogP contribution in [0.5, 0.6) is 0 Å². The molecule has 0 aliphatic carbocycles. The van der Waals surface area contributed by atoms with Crippen LogP contribution in [-0.4, -0.2) is 43.3 Å². The lowest BCUT2D eigenvalue weighted by Gasteiger charge is -2.28. The van der Waals surface area contributed by atoms with E-state index in [4.69, 9.17) is 9.47 Å². The molecule has 0 radical (unpaired) electrons. The molecule has 0 N–H and O–H groups in total. The van der Waals surface area contributed by atoms with Gasteiger partial charge in [-0.2, -0.15) is 0 Å². The average molecular weight is 410 g/mol. The third-order valence-corrected chi connectivity index (χ3v) is 5.02. The first kappa shape index (κ1) is 27.3. The molecule has 0 aromatic carbocycles. The van der Waals surface area contributed by atoms with Gasteiger partial charge >= 0.3 is 12.1 Å². The lowest BCUT2D eigenvalue weighted by atomic mass is 10.0. The molecule has 1 amide bonds. The Labute approximate surface area is 178 Å². The molecular formula is C24H43NO4. The fourth-order valence-electron chi connectivity index (χ4n) is 3.29. The molecule has 0 aromatic heterocycles. The van der Waals surface area contributed by atoms with Crippen molar-refractivity contribution in [3.8, 4) is 11.8 Å². The van der Waals surface area contributed by atoms with Gasteiger partial charge in [-0.1, -0.05) is 90.9 Å². The van der Waals surface area contributed by atoms with Crippen molar-refractivity contribution in [2.45, 2.75) is 104 Å². The largest absolute Gasteiger partial charge is 0.464 e. The molecule has 0 heterocycles. The molecular weight excluding hydrogens is 366 g/mol. The number of carbonyl (C=O) groups is 2. The fraction of sp³-hybridized carbons (Fsp3) is 0.833. The molecule has 0 rings (SSSR count). The molecule has 0 saturated carbocycles. The third kappa shape index (κ3) is 14.0. The Balaban J connectivity index is 3.95. The summed E-state index contributed by atoms with van der Waals surface area (Å²) in [5.74, 6) is 4.91. The van der Waals surface area contributed by atoms with Crippen molar-refractivity contribution < 1.29 is 19.1 Å². The highest BCUT2D eigenvalue weighted by atomic mass is 16.6. The van der Waals surface area contributed by atoms with Crippen LogP contribution in [0.2, 0.25) is 0 Å². The summed E-state index contributed by atoms with van der Waals surface area (Å²) in [5.41, 5.74) is 0. The second-order valence-corrected chi connectivity index (χ2v) is 7.98. The highest BCUT2D eigenvalue weighted by Gasteiger charge is 2.31. The summed E-state index contributed by atoms with van der Waals surface area (Å²) in [6.45, 7) is 8.15. The number of ether oxygens (including phenoxy) is 2. The maximum atomic E-state index is 12.4. The molecule has 0 spiro atoms. The van der Waals surface area contributed by atoms with Crippen LogP contribution in [0.4, 0.5) is 4.79 Å². The van der Waals surface area contributed by atoms with Gasteiger partial charge < -0.3 is 9.47 Å². The van der Waals surface area contributed by atoms with Gasteiger partial charge in [0.15, 0.2) is 6.61 Å². The fourth-order valence-corrected chi connectivity index (χ4v) is 3.29. The number of likely N-dealkylation sites (N-methyl/N-ethyl adjacent to an activating group) is 1. The molecule has 0 bridgehead atoms. The number of amides is 1. The summed E-state index contributed by atoms with van der Waals surface area (Å²) in [4.78, 5) is 25.8. The first-order chi connectivity index (χ1) is 14.0. The quantitative estimate of drug-likeness (QED) is 0.179. The molecule has 29 heavy (non-hydrogen) atoms. The van der Waals surface area contributed by atoms with Crippen LogP contribution in [0.3, 0.4) is 0 Å². The van der Waals surface area contributed by atoms with E-state index in [2.05, 4.69) is 18.8 Å². The zero-order valence-corrected chi connectivity index (χ0v) is 19.4. The number of rotatable bonds is 16. The monoisotopic (exact) mass is 409 g/mol. The van der Waals surface area contributed by atoms with Crippen LogP contribution >= 0.6 is 0 Å². The normalized spacial score (nSPS) is 11.5. The minimum absolute atomic E-state index is 0.0261. The third-order valence-electron chi connectivity index (χ3n) is 5.02. The molecule has 0 aromatic rings. The van der Waals surface area contributed by atoms with Gasteiger partial charge in [0.1, 0.15) is 6.04 Å². The summed E-state index contributed by atoms with van der Waals surface area (Å²) in [6, 6.07) is -0.648. The van der Waals surface area contributed by atoms with Crippen molar-refractivity contribution in [2.75, 3.05) is 20.3 Å². The summed E-state index contributed by atoms with van der Waals surface area (Å²) < 4.78 is 10.5. The van der Waals surface area contributed by atoms with E-state index >= 15 is 0 Å². The SMILES string of the molecule is CC#CCOC(=O)N(C)C(C(=O)OCCCCCCCCCCCCC)C(C)C. The van der Waals surface area contributed by atoms with E-state index in [-0.39, 0.29) is 18.5 Å². The first-order valence-electron chi connectivity index (χ1n) is 11.4. The van der Waals surface area contributed by atoms with E-state index in [9.17, 15) is 9.59 Å². The standard InChI is InChI=1S/C24H43NO4/c1-6-8-10-11-12-13-14-15-16-17-18-20-28-23(26)22(21(3)4)25(5)24(27)29-19-9-7-2/h21-22H,6,8,10-20H2,1-5H3. The highest BCUT2D eigenvalue weighted by Crippen LogP contribution is 2.14.